The van der Waals surface area contributed by atoms with Gasteiger partial charge in [-0.25, -0.2) is 4.79 Å². The Kier molecular flexibility index (Phi) is 2.80. The number of carboxylic acids is 1. The highest BCUT2D eigenvalue weighted by Crippen LogP contribution is 2.48. The molecule has 0 amide bonds. The molecule has 3 atom stereocenters. The van der Waals surface area contributed by atoms with E-state index in [0.717, 1.165) is 24.3 Å². The normalized spacial score (nSPS) is 29.7. The zero-order valence-electron chi connectivity index (χ0n) is 10.6. The summed E-state index contributed by atoms with van der Waals surface area (Å²) in [6.07, 6.45) is 5.52. The SMILES string of the molecule is CN(CC1CC2CCC1C2)c1ccc(C(=O)O)o1. The van der Waals surface area contributed by atoms with E-state index >= 15 is 0 Å². The van der Waals surface area contributed by atoms with Crippen LogP contribution >= 0.6 is 0 Å². The van der Waals surface area contributed by atoms with Crippen LogP contribution in [0.2, 0.25) is 0 Å². The highest BCUT2D eigenvalue weighted by atomic mass is 16.4. The van der Waals surface area contributed by atoms with Gasteiger partial charge >= 0.3 is 5.97 Å². The number of hydrogen-bond acceptors (Lipinski definition) is 3. The predicted molar refractivity (Wildman–Crippen MR) is 67.9 cm³/mol. The molecule has 0 spiro atoms. The minimum absolute atomic E-state index is 0.0183. The second-order valence-corrected chi connectivity index (χ2v) is 5.76. The Morgan fingerprint density at radius 2 is 2.28 bits per heavy atom. The van der Waals surface area contributed by atoms with Gasteiger partial charge in [-0.1, -0.05) is 6.42 Å². The molecule has 2 fully saturated rings. The fraction of sp³-hybridized carbons (Fsp3) is 0.643. The molecule has 0 saturated heterocycles. The van der Waals surface area contributed by atoms with Crippen LogP contribution in [0.1, 0.15) is 36.2 Å². The molecule has 4 nitrogen and oxygen atoms in total. The third kappa shape index (κ3) is 2.00. The van der Waals surface area contributed by atoms with Gasteiger partial charge in [0.15, 0.2) is 5.88 Å². The van der Waals surface area contributed by atoms with Gasteiger partial charge in [-0.05, 0) is 43.1 Å². The van der Waals surface area contributed by atoms with Crippen molar-refractivity contribution in [2.24, 2.45) is 17.8 Å². The first-order valence-corrected chi connectivity index (χ1v) is 6.67. The molecule has 2 saturated carbocycles. The summed E-state index contributed by atoms with van der Waals surface area (Å²) < 4.78 is 5.32. The van der Waals surface area contributed by atoms with E-state index in [9.17, 15) is 4.79 Å². The van der Waals surface area contributed by atoms with Crippen molar-refractivity contribution in [2.45, 2.75) is 25.7 Å². The van der Waals surface area contributed by atoms with Crippen molar-refractivity contribution in [3.8, 4) is 0 Å². The topological polar surface area (TPSA) is 53.7 Å². The predicted octanol–water partition coefficient (Wildman–Crippen LogP) is 2.85. The second-order valence-electron chi connectivity index (χ2n) is 5.76. The maximum Gasteiger partial charge on any atom is 0.371 e. The summed E-state index contributed by atoms with van der Waals surface area (Å²) in [6.45, 7) is 0.980. The molecule has 1 aromatic rings. The van der Waals surface area contributed by atoms with E-state index in [0.29, 0.717) is 5.88 Å². The first-order chi connectivity index (χ1) is 8.63. The number of hydrogen-bond donors (Lipinski definition) is 1. The second kappa shape index (κ2) is 4.34. The number of nitrogens with zero attached hydrogens (tertiary/aromatic N) is 1. The van der Waals surface area contributed by atoms with Crippen LogP contribution in [-0.4, -0.2) is 24.7 Å². The van der Waals surface area contributed by atoms with Crippen molar-refractivity contribution in [3.63, 3.8) is 0 Å². The van der Waals surface area contributed by atoms with Gasteiger partial charge in [0, 0.05) is 19.7 Å². The number of furan rings is 1. The Labute approximate surface area is 107 Å². The number of rotatable bonds is 4. The number of anilines is 1. The van der Waals surface area contributed by atoms with Gasteiger partial charge in [0.2, 0.25) is 5.76 Å². The standard InChI is InChI=1S/C14H19NO3/c1-15(13-5-4-12(18-13)14(16)17)8-11-7-9-2-3-10(11)6-9/h4-5,9-11H,2-3,6-8H2,1H3,(H,16,17). The molecule has 2 aliphatic rings. The summed E-state index contributed by atoms with van der Waals surface area (Å²) in [6, 6.07) is 3.27. The van der Waals surface area contributed by atoms with Crippen LogP contribution in [0.3, 0.4) is 0 Å². The fourth-order valence-electron chi connectivity index (χ4n) is 3.69. The van der Waals surface area contributed by atoms with E-state index < -0.39 is 5.97 Å². The van der Waals surface area contributed by atoms with Crippen molar-refractivity contribution in [2.75, 3.05) is 18.5 Å². The minimum atomic E-state index is -1.01. The molecule has 1 N–H and O–H groups in total. The van der Waals surface area contributed by atoms with Gasteiger partial charge in [0.25, 0.3) is 0 Å². The van der Waals surface area contributed by atoms with Crippen LogP contribution in [-0.2, 0) is 0 Å². The molecule has 3 unspecified atom stereocenters. The first kappa shape index (κ1) is 11.6. The molecule has 1 heterocycles. The van der Waals surface area contributed by atoms with Gasteiger partial charge in [0.05, 0.1) is 0 Å². The van der Waals surface area contributed by atoms with Gasteiger partial charge in [0.1, 0.15) is 0 Å². The minimum Gasteiger partial charge on any atom is -0.475 e. The first-order valence-electron chi connectivity index (χ1n) is 6.67. The number of fused-ring (bicyclic) bond motifs is 2. The fourth-order valence-corrected chi connectivity index (χ4v) is 3.69. The summed E-state index contributed by atoms with van der Waals surface area (Å²) in [7, 11) is 1.98. The maximum atomic E-state index is 10.8. The number of carboxylic acid groups (broad SMARTS) is 1. The zero-order valence-corrected chi connectivity index (χ0v) is 10.6. The smallest absolute Gasteiger partial charge is 0.371 e. The van der Waals surface area contributed by atoms with E-state index in [4.69, 9.17) is 9.52 Å². The quantitative estimate of drug-likeness (QED) is 0.891. The number of carbonyl (C=O) groups is 1. The lowest BCUT2D eigenvalue weighted by atomic mass is 9.88. The summed E-state index contributed by atoms with van der Waals surface area (Å²) in [5.74, 6) is 2.26. The Balaban J connectivity index is 1.63. The third-order valence-corrected chi connectivity index (χ3v) is 4.57. The van der Waals surface area contributed by atoms with Gasteiger partial charge in [-0.2, -0.15) is 0 Å². The highest BCUT2D eigenvalue weighted by Gasteiger charge is 2.39. The summed E-state index contributed by atoms with van der Waals surface area (Å²) >= 11 is 0. The molecule has 3 rings (SSSR count). The lowest BCUT2D eigenvalue weighted by Gasteiger charge is -2.26. The lowest BCUT2D eigenvalue weighted by molar-refractivity contribution is 0.0663. The van der Waals surface area contributed by atoms with Gasteiger partial charge < -0.3 is 14.4 Å². The largest absolute Gasteiger partial charge is 0.475 e. The summed E-state index contributed by atoms with van der Waals surface area (Å²) in [5, 5.41) is 8.84. The van der Waals surface area contributed by atoms with E-state index in [1.165, 1.54) is 31.7 Å². The molecule has 2 aliphatic carbocycles. The molecule has 18 heavy (non-hydrogen) atoms. The molecular formula is C14H19NO3. The Morgan fingerprint density at radius 1 is 1.44 bits per heavy atom. The Hall–Kier alpha value is -1.45. The number of aromatic carboxylic acids is 1. The lowest BCUT2D eigenvalue weighted by Crippen LogP contribution is -2.28. The van der Waals surface area contributed by atoms with E-state index in [-0.39, 0.29) is 5.76 Å². The Bertz CT molecular complexity index is 454. The zero-order chi connectivity index (χ0) is 12.7. The molecule has 0 aliphatic heterocycles. The van der Waals surface area contributed by atoms with Crippen LogP contribution in [0.4, 0.5) is 5.88 Å². The average Bonchev–Trinajstić information content (AvgIpc) is 3.04. The monoisotopic (exact) mass is 249 g/mol. The van der Waals surface area contributed by atoms with Crippen molar-refractivity contribution in [1.82, 2.24) is 0 Å². The van der Waals surface area contributed by atoms with E-state index in [1.807, 2.05) is 7.05 Å². The molecule has 2 bridgehead atoms. The molecule has 0 radical (unpaired) electrons. The van der Waals surface area contributed by atoms with Crippen LogP contribution in [0.25, 0.3) is 0 Å². The highest BCUT2D eigenvalue weighted by molar-refractivity contribution is 5.84. The van der Waals surface area contributed by atoms with Crippen LogP contribution in [0.15, 0.2) is 16.5 Å². The van der Waals surface area contributed by atoms with Crippen molar-refractivity contribution in [1.29, 1.82) is 0 Å². The van der Waals surface area contributed by atoms with Crippen LogP contribution < -0.4 is 4.90 Å². The maximum absolute atomic E-state index is 10.8. The van der Waals surface area contributed by atoms with E-state index in [1.54, 1.807) is 6.07 Å². The van der Waals surface area contributed by atoms with Crippen molar-refractivity contribution in [3.05, 3.63) is 17.9 Å². The molecule has 1 aromatic heterocycles. The van der Waals surface area contributed by atoms with Crippen molar-refractivity contribution >= 4 is 11.9 Å². The molecular weight excluding hydrogens is 230 g/mol. The van der Waals surface area contributed by atoms with Crippen LogP contribution in [0, 0.1) is 17.8 Å². The molecule has 98 valence electrons. The average molecular weight is 249 g/mol. The van der Waals surface area contributed by atoms with Crippen LogP contribution in [0.5, 0.6) is 0 Å². The molecule has 0 aromatic carbocycles. The van der Waals surface area contributed by atoms with Gasteiger partial charge in [-0.3, -0.25) is 0 Å². The summed E-state index contributed by atoms with van der Waals surface area (Å²) in [4.78, 5) is 12.8. The van der Waals surface area contributed by atoms with Crippen molar-refractivity contribution < 1.29 is 14.3 Å². The summed E-state index contributed by atoms with van der Waals surface area (Å²) in [5.41, 5.74) is 0. The Morgan fingerprint density at radius 3 is 2.83 bits per heavy atom. The molecule has 4 heteroatoms. The van der Waals surface area contributed by atoms with Gasteiger partial charge in [-0.15, -0.1) is 0 Å². The third-order valence-electron chi connectivity index (χ3n) is 4.57. The van der Waals surface area contributed by atoms with E-state index in [2.05, 4.69) is 4.90 Å².